The smallest absolute Gasteiger partial charge is 0.0146 e. The van der Waals surface area contributed by atoms with Crippen LogP contribution in [0.4, 0.5) is 0 Å². The molecule has 144 valence electrons. The first-order valence-electron chi connectivity index (χ1n) is 9.78. The van der Waals surface area contributed by atoms with E-state index in [0.29, 0.717) is 0 Å². The highest BCUT2D eigenvalue weighted by atomic mass is 32.2. The topological polar surface area (TPSA) is 0 Å². The molecule has 0 amide bonds. The molecule has 2 heteroatoms. The van der Waals surface area contributed by atoms with Crippen LogP contribution >= 0.6 is 23.5 Å². The van der Waals surface area contributed by atoms with Crippen LogP contribution in [0.15, 0.2) is 129 Å². The molecule has 0 radical (unpaired) electrons. The summed E-state index contributed by atoms with van der Waals surface area (Å²) in [6.45, 7) is 4.59. The fourth-order valence-corrected chi connectivity index (χ4v) is 4.97. The second-order valence-electron chi connectivity index (χ2n) is 7.50. The lowest BCUT2D eigenvalue weighted by Crippen LogP contribution is -2.18. The Bertz CT molecular complexity index is 948. The maximum absolute atomic E-state index is 2.30. The molecular weight excluding hydrogens is 388 g/mol. The maximum atomic E-state index is 2.30. The van der Waals surface area contributed by atoms with Gasteiger partial charge in [0.2, 0.25) is 0 Å². The van der Waals surface area contributed by atoms with Crippen LogP contribution < -0.4 is 0 Å². The summed E-state index contributed by atoms with van der Waals surface area (Å²) in [4.78, 5) is 5.08. The lowest BCUT2D eigenvalue weighted by Gasteiger charge is -2.26. The maximum Gasteiger partial charge on any atom is 0.0146 e. The molecule has 0 heterocycles. The van der Waals surface area contributed by atoms with Gasteiger partial charge in [-0.25, -0.2) is 0 Å². The first kappa shape index (κ1) is 19.9. The highest BCUT2D eigenvalue weighted by molar-refractivity contribution is 7.99. The summed E-state index contributed by atoms with van der Waals surface area (Å²) in [5.74, 6) is 0. The fourth-order valence-electron chi connectivity index (χ4n) is 3.30. The van der Waals surface area contributed by atoms with E-state index in [1.807, 2.05) is 0 Å². The molecule has 0 aliphatic rings. The third-order valence-corrected chi connectivity index (χ3v) is 7.14. The Morgan fingerprint density at radius 1 is 0.414 bits per heavy atom. The van der Waals surface area contributed by atoms with E-state index in [-0.39, 0.29) is 5.41 Å². The van der Waals surface area contributed by atoms with Crippen molar-refractivity contribution in [1.29, 1.82) is 0 Å². The van der Waals surface area contributed by atoms with Crippen LogP contribution in [-0.4, -0.2) is 0 Å². The summed E-state index contributed by atoms with van der Waals surface area (Å²) in [7, 11) is 0. The summed E-state index contributed by atoms with van der Waals surface area (Å²) >= 11 is 3.61. The minimum atomic E-state index is -0.0358. The second kappa shape index (κ2) is 8.94. The molecule has 4 aromatic rings. The van der Waals surface area contributed by atoms with Gasteiger partial charge in [0.05, 0.1) is 0 Å². The van der Waals surface area contributed by atoms with E-state index in [2.05, 4.69) is 123 Å². The third-order valence-electron chi connectivity index (χ3n) is 5.11. The molecule has 0 atom stereocenters. The van der Waals surface area contributed by atoms with Gasteiger partial charge in [-0.15, -0.1) is 0 Å². The van der Waals surface area contributed by atoms with E-state index >= 15 is 0 Å². The van der Waals surface area contributed by atoms with Gasteiger partial charge in [-0.2, -0.15) is 0 Å². The van der Waals surface area contributed by atoms with Crippen LogP contribution in [-0.2, 0) is 5.41 Å². The van der Waals surface area contributed by atoms with Crippen LogP contribution in [0.2, 0.25) is 0 Å². The van der Waals surface area contributed by atoms with Gasteiger partial charge < -0.3 is 0 Å². The Morgan fingerprint density at radius 3 is 1.07 bits per heavy atom. The Balaban J connectivity index is 1.48. The van der Waals surface area contributed by atoms with Crippen LogP contribution in [0.1, 0.15) is 25.0 Å². The Morgan fingerprint density at radius 2 is 0.724 bits per heavy atom. The molecule has 0 bridgehead atoms. The summed E-state index contributed by atoms with van der Waals surface area (Å²) in [6, 6.07) is 39.0. The number of hydrogen-bond donors (Lipinski definition) is 0. The number of rotatable bonds is 6. The standard InChI is InChI=1S/C27H24S2/c1-27(2,21-13-17-25(18-14-21)28-23-9-5-3-6-10-23)22-15-19-26(20-16-22)29-24-11-7-4-8-12-24/h3-20H,1-2H3. The predicted molar refractivity (Wildman–Crippen MR) is 126 cm³/mol. The SMILES string of the molecule is CC(C)(c1ccc(Sc2ccccc2)cc1)c1ccc(Sc2ccccc2)cc1. The predicted octanol–water partition coefficient (Wildman–Crippen LogP) is 8.31. The van der Waals surface area contributed by atoms with E-state index in [1.165, 1.54) is 30.7 Å². The van der Waals surface area contributed by atoms with Crippen molar-refractivity contribution in [3.05, 3.63) is 120 Å². The van der Waals surface area contributed by atoms with E-state index in [1.54, 1.807) is 23.5 Å². The van der Waals surface area contributed by atoms with Gasteiger partial charge in [0.1, 0.15) is 0 Å². The van der Waals surface area contributed by atoms with Gasteiger partial charge in [0.15, 0.2) is 0 Å². The molecule has 29 heavy (non-hydrogen) atoms. The van der Waals surface area contributed by atoms with Gasteiger partial charge >= 0.3 is 0 Å². The molecule has 0 unspecified atom stereocenters. The zero-order valence-electron chi connectivity index (χ0n) is 16.7. The van der Waals surface area contributed by atoms with Crippen molar-refractivity contribution in [2.75, 3.05) is 0 Å². The van der Waals surface area contributed by atoms with Crippen molar-refractivity contribution in [2.45, 2.75) is 38.8 Å². The van der Waals surface area contributed by atoms with Crippen LogP contribution in [0.25, 0.3) is 0 Å². The molecule has 4 aromatic carbocycles. The lowest BCUT2D eigenvalue weighted by atomic mass is 9.78. The summed E-state index contributed by atoms with van der Waals surface area (Å²) in [6.07, 6.45) is 0. The first-order valence-corrected chi connectivity index (χ1v) is 11.4. The molecule has 0 nitrogen and oxygen atoms in total. The Labute approximate surface area is 182 Å². The molecule has 0 aliphatic carbocycles. The van der Waals surface area contributed by atoms with Gasteiger partial charge in [-0.3, -0.25) is 0 Å². The molecule has 0 aromatic heterocycles. The molecule has 0 spiro atoms. The van der Waals surface area contributed by atoms with Crippen molar-refractivity contribution in [3.8, 4) is 0 Å². The van der Waals surface area contributed by atoms with Crippen molar-refractivity contribution in [1.82, 2.24) is 0 Å². The van der Waals surface area contributed by atoms with E-state index in [4.69, 9.17) is 0 Å². The number of benzene rings is 4. The van der Waals surface area contributed by atoms with Crippen LogP contribution in [0.3, 0.4) is 0 Å². The molecule has 0 aliphatic heterocycles. The van der Waals surface area contributed by atoms with Crippen molar-refractivity contribution < 1.29 is 0 Å². The highest BCUT2D eigenvalue weighted by Gasteiger charge is 2.23. The van der Waals surface area contributed by atoms with E-state index in [0.717, 1.165) is 0 Å². The van der Waals surface area contributed by atoms with Crippen LogP contribution in [0.5, 0.6) is 0 Å². The fraction of sp³-hybridized carbons (Fsp3) is 0.111. The zero-order valence-corrected chi connectivity index (χ0v) is 18.3. The first-order chi connectivity index (χ1) is 14.1. The minimum absolute atomic E-state index is 0.0358. The molecule has 0 saturated carbocycles. The third kappa shape index (κ3) is 4.95. The van der Waals surface area contributed by atoms with Gasteiger partial charge in [-0.1, -0.05) is 98.0 Å². The van der Waals surface area contributed by atoms with E-state index in [9.17, 15) is 0 Å². The van der Waals surface area contributed by atoms with Crippen molar-refractivity contribution in [3.63, 3.8) is 0 Å². The van der Waals surface area contributed by atoms with Gasteiger partial charge in [0, 0.05) is 25.0 Å². The Kier molecular flexibility index (Phi) is 6.13. The Hall–Kier alpha value is -2.42. The summed E-state index contributed by atoms with van der Waals surface area (Å²) in [5.41, 5.74) is 2.63. The minimum Gasteiger partial charge on any atom is -0.0901 e. The molecule has 0 fully saturated rings. The quantitative estimate of drug-likeness (QED) is 0.312. The van der Waals surface area contributed by atoms with Crippen molar-refractivity contribution >= 4 is 23.5 Å². The molecule has 0 saturated heterocycles. The number of hydrogen-bond acceptors (Lipinski definition) is 2. The average molecular weight is 413 g/mol. The van der Waals surface area contributed by atoms with Gasteiger partial charge in [-0.05, 0) is 59.7 Å². The molecule has 0 N–H and O–H groups in total. The van der Waals surface area contributed by atoms with Gasteiger partial charge in [0.25, 0.3) is 0 Å². The summed E-state index contributed by atoms with van der Waals surface area (Å²) < 4.78 is 0. The molecular formula is C27H24S2. The van der Waals surface area contributed by atoms with Crippen LogP contribution in [0, 0.1) is 0 Å². The highest BCUT2D eigenvalue weighted by Crippen LogP contribution is 2.36. The second-order valence-corrected chi connectivity index (χ2v) is 9.80. The monoisotopic (exact) mass is 412 g/mol. The molecule has 4 rings (SSSR count). The largest absolute Gasteiger partial charge is 0.0901 e. The summed E-state index contributed by atoms with van der Waals surface area (Å²) in [5, 5.41) is 0. The van der Waals surface area contributed by atoms with E-state index < -0.39 is 0 Å². The average Bonchev–Trinajstić information content (AvgIpc) is 2.76. The van der Waals surface area contributed by atoms with Crippen molar-refractivity contribution in [2.24, 2.45) is 0 Å². The normalized spacial score (nSPS) is 11.4. The lowest BCUT2D eigenvalue weighted by molar-refractivity contribution is 0.639. The zero-order chi connectivity index (χ0) is 20.1.